The number of carbonyl (C=O) groups is 1. The van der Waals surface area contributed by atoms with Gasteiger partial charge in [-0.25, -0.2) is 27.5 Å². The van der Waals surface area contributed by atoms with Crippen LogP contribution in [0.3, 0.4) is 0 Å². The average molecular weight is 363 g/mol. The minimum atomic E-state index is -2.65. The number of benzene rings is 1. The van der Waals surface area contributed by atoms with Gasteiger partial charge < -0.3 is 4.42 Å². The number of aryl methyl sites for hydroxylation is 1. The zero-order valence-electron chi connectivity index (χ0n) is 12.9. The van der Waals surface area contributed by atoms with Crippen molar-refractivity contribution in [2.45, 2.75) is 12.8 Å². The summed E-state index contributed by atoms with van der Waals surface area (Å²) < 4.78 is 42.1. The van der Waals surface area contributed by atoms with E-state index in [2.05, 4.69) is 14.7 Å². The number of halogens is 1. The quantitative estimate of drug-likeness (QED) is 0.376. The van der Waals surface area contributed by atoms with Crippen LogP contribution in [0.5, 0.6) is 0 Å². The summed E-state index contributed by atoms with van der Waals surface area (Å²) in [5.74, 6) is -0.968. The van der Waals surface area contributed by atoms with Crippen molar-refractivity contribution in [1.82, 2.24) is 14.7 Å². The Morgan fingerprint density at radius 2 is 2.08 bits per heavy atom. The third-order valence-corrected chi connectivity index (χ3v) is 4.01. The fraction of sp³-hybridized carbons (Fsp3) is 0.188. The zero-order valence-corrected chi connectivity index (χ0v) is 13.8. The van der Waals surface area contributed by atoms with Crippen molar-refractivity contribution in [2.75, 3.05) is 6.54 Å². The van der Waals surface area contributed by atoms with E-state index in [9.17, 15) is 17.6 Å². The molecular formula is C16H14FN3O4S. The van der Waals surface area contributed by atoms with Gasteiger partial charge in [-0.2, -0.15) is 0 Å². The van der Waals surface area contributed by atoms with Gasteiger partial charge in [-0.05, 0) is 48.7 Å². The SMILES string of the molecule is O=C(c1cc(F)cc(CCCN[SH](=O)=O)c1)c1ccc2ncoc2n1. The Morgan fingerprint density at radius 3 is 2.88 bits per heavy atom. The molecule has 0 amide bonds. The van der Waals surface area contributed by atoms with Gasteiger partial charge in [0.1, 0.15) is 17.0 Å². The molecule has 0 aliphatic carbocycles. The second-order valence-corrected chi connectivity index (χ2v) is 6.15. The molecule has 0 aliphatic heterocycles. The molecule has 2 heterocycles. The van der Waals surface area contributed by atoms with Crippen LogP contribution >= 0.6 is 0 Å². The number of hydrogen-bond acceptors (Lipinski definition) is 6. The molecule has 130 valence electrons. The molecule has 0 saturated carbocycles. The first-order chi connectivity index (χ1) is 12.0. The lowest BCUT2D eigenvalue weighted by atomic mass is 10.0. The highest BCUT2D eigenvalue weighted by Crippen LogP contribution is 2.17. The largest absolute Gasteiger partial charge is 0.425 e. The van der Waals surface area contributed by atoms with Gasteiger partial charge >= 0.3 is 0 Å². The van der Waals surface area contributed by atoms with Crippen LogP contribution in [0.4, 0.5) is 4.39 Å². The molecule has 1 N–H and O–H groups in total. The number of oxazole rings is 1. The van der Waals surface area contributed by atoms with E-state index in [1.807, 2.05) is 0 Å². The highest BCUT2D eigenvalue weighted by molar-refractivity contribution is 7.70. The topological polar surface area (TPSA) is 102 Å². The maximum absolute atomic E-state index is 13.8. The minimum absolute atomic E-state index is 0.130. The van der Waals surface area contributed by atoms with Gasteiger partial charge in [0.2, 0.25) is 22.4 Å². The van der Waals surface area contributed by atoms with E-state index < -0.39 is 22.5 Å². The standard InChI is InChI=1S/C16H14FN3O4S/c17-12-7-10(2-1-5-19-25(22)23)6-11(8-12)15(21)13-3-4-14-16(20-13)24-9-18-14/h3-4,6-9,25H,1-2,5H2,(H,19,22,23). The lowest BCUT2D eigenvalue weighted by Crippen LogP contribution is -2.13. The Morgan fingerprint density at radius 1 is 1.24 bits per heavy atom. The van der Waals surface area contributed by atoms with E-state index in [-0.39, 0.29) is 23.5 Å². The van der Waals surface area contributed by atoms with Crippen LogP contribution in [0.2, 0.25) is 0 Å². The number of thiol groups is 1. The van der Waals surface area contributed by atoms with Gasteiger partial charge in [-0.15, -0.1) is 0 Å². The second-order valence-electron chi connectivity index (χ2n) is 5.32. The van der Waals surface area contributed by atoms with Crippen molar-refractivity contribution in [3.05, 3.63) is 59.4 Å². The molecular weight excluding hydrogens is 349 g/mol. The Hall–Kier alpha value is -2.65. The Balaban J connectivity index is 1.79. The molecule has 7 nitrogen and oxygen atoms in total. The van der Waals surface area contributed by atoms with Crippen LogP contribution in [-0.2, 0) is 17.3 Å². The van der Waals surface area contributed by atoms with Crippen molar-refractivity contribution in [2.24, 2.45) is 0 Å². The third kappa shape index (κ3) is 4.25. The van der Waals surface area contributed by atoms with Crippen LogP contribution in [0, 0.1) is 5.82 Å². The fourth-order valence-corrected chi connectivity index (χ4v) is 2.75. The average Bonchev–Trinajstić information content (AvgIpc) is 3.05. The molecule has 3 aromatic rings. The number of pyridine rings is 1. The predicted octanol–water partition coefficient (Wildman–Crippen LogP) is 1.64. The molecule has 0 radical (unpaired) electrons. The summed E-state index contributed by atoms with van der Waals surface area (Å²) in [7, 11) is -2.65. The summed E-state index contributed by atoms with van der Waals surface area (Å²) in [5.41, 5.74) is 1.67. The number of carbonyl (C=O) groups excluding carboxylic acids is 1. The highest BCUT2D eigenvalue weighted by atomic mass is 32.2. The molecule has 0 bridgehead atoms. The van der Waals surface area contributed by atoms with Crippen molar-refractivity contribution in [3.63, 3.8) is 0 Å². The van der Waals surface area contributed by atoms with E-state index in [4.69, 9.17) is 4.42 Å². The number of nitrogens with one attached hydrogen (secondary N) is 1. The maximum Gasteiger partial charge on any atom is 0.247 e. The van der Waals surface area contributed by atoms with Crippen molar-refractivity contribution in [1.29, 1.82) is 0 Å². The molecule has 25 heavy (non-hydrogen) atoms. The third-order valence-electron chi connectivity index (χ3n) is 3.53. The summed E-state index contributed by atoms with van der Waals surface area (Å²) in [6.45, 7) is 0.252. The molecule has 0 unspecified atom stereocenters. The molecule has 9 heteroatoms. The molecule has 0 fully saturated rings. The summed E-state index contributed by atoms with van der Waals surface area (Å²) in [5, 5.41) is 0. The highest BCUT2D eigenvalue weighted by Gasteiger charge is 2.14. The number of rotatable bonds is 7. The monoisotopic (exact) mass is 363 g/mol. The van der Waals surface area contributed by atoms with Gasteiger partial charge in [-0.3, -0.25) is 4.79 Å². The van der Waals surface area contributed by atoms with Gasteiger partial charge in [0.15, 0.2) is 6.39 Å². The first-order valence-electron chi connectivity index (χ1n) is 7.45. The van der Waals surface area contributed by atoms with Crippen molar-refractivity contribution in [3.8, 4) is 0 Å². The number of fused-ring (bicyclic) bond motifs is 1. The number of hydrogen-bond donors (Lipinski definition) is 2. The van der Waals surface area contributed by atoms with Crippen molar-refractivity contribution < 1.29 is 22.0 Å². The number of aromatic nitrogens is 2. The normalized spacial score (nSPS) is 11.3. The van der Waals surface area contributed by atoms with E-state index in [0.29, 0.717) is 23.9 Å². The Bertz CT molecular complexity index is 992. The predicted molar refractivity (Wildman–Crippen MR) is 88.3 cm³/mol. The summed E-state index contributed by atoms with van der Waals surface area (Å²) in [6, 6.07) is 7.16. The van der Waals surface area contributed by atoms with Crippen LogP contribution in [0.15, 0.2) is 41.1 Å². The molecule has 1 aromatic carbocycles. The summed E-state index contributed by atoms with van der Waals surface area (Å²) >= 11 is 0. The summed E-state index contributed by atoms with van der Waals surface area (Å²) in [4.78, 5) is 20.6. The molecule has 2 aromatic heterocycles. The van der Waals surface area contributed by atoms with Crippen LogP contribution in [0.1, 0.15) is 28.0 Å². The van der Waals surface area contributed by atoms with E-state index in [1.54, 1.807) is 12.1 Å². The maximum atomic E-state index is 13.8. The lowest BCUT2D eigenvalue weighted by Gasteiger charge is -2.06. The van der Waals surface area contributed by atoms with Crippen LogP contribution in [0.25, 0.3) is 11.2 Å². The zero-order chi connectivity index (χ0) is 17.8. The van der Waals surface area contributed by atoms with Crippen molar-refractivity contribution >= 4 is 27.9 Å². The second kappa shape index (κ2) is 7.49. The smallest absolute Gasteiger partial charge is 0.247 e. The Kier molecular flexibility index (Phi) is 5.15. The van der Waals surface area contributed by atoms with Gasteiger partial charge in [0.05, 0.1) is 0 Å². The molecule has 0 aliphatic rings. The first-order valence-corrected chi connectivity index (χ1v) is 8.63. The first kappa shape index (κ1) is 17.2. The molecule has 0 spiro atoms. The Labute approximate surface area is 144 Å². The molecule has 0 atom stereocenters. The lowest BCUT2D eigenvalue weighted by molar-refractivity contribution is 0.103. The number of ketones is 1. The van der Waals surface area contributed by atoms with Gasteiger partial charge in [0.25, 0.3) is 0 Å². The number of nitrogens with zero attached hydrogens (tertiary/aromatic N) is 2. The molecule has 3 rings (SSSR count). The van der Waals surface area contributed by atoms with Crippen LogP contribution < -0.4 is 4.72 Å². The summed E-state index contributed by atoms with van der Waals surface area (Å²) in [6.07, 6.45) is 2.15. The van der Waals surface area contributed by atoms with E-state index in [0.717, 1.165) is 6.07 Å². The fourth-order valence-electron chi connectivity index (χ4n) is 2.41. The molecule has 0 saturated heterocycles. The minimum Gasteiger partial charge on any atom is -0.425 e. The van der Waals surface area contributed by atoms with Crippen LogP contribution in [-0.4, -0.2) is 30.7 Å². The van der Waals surface area contributed by atoms with Gasteiger partial charge in [-0.1, -0.05) is 0 Å². The van der Waals surface area contributed by atoms with E-state index in [1.165, 1.54) is 18.5 Å². The van der Waals surface area contributed by atoms with Gasteiger partial charge in [0, 0.05) is 12.1 Å². The van der Waals surface area contributed by atoms with E-state index >= 15 is 0 Å².